The largest absolute Gasteiger partial charge is 0.497 e. The molecular formula is C29H37N5O2S. The minimum atomic E-state index is -0.0244. The van der Waals surface area contributed by atoms with Gasteiger partial charge in [-0.15, -0.1) is 0 Å². The number of anilines is 2. The molecule has 0 aliphatic carbocycles. The highest BCUT2D eigenvalue weighted by molar-refractivity contribution is 7.98. The van der Waals surface area contributed by atoms with E-state index in [2.05, 4.69) is 54.1 Å². The number of nitrogens with one attached hydrogen (secondary N) is 1. The average molecular weight is 520 g/mol. The number of methoxy groups -OCH3 is 1. The van der Waals surface area contributed by atoms with Gasteiger partial charge in [-0.2, -0.15) is 0 Å². The van der Waals surface area contributed by atoms with Crippen LogP contribution in [0.25, 0.3) is 0 Å². The van der Waals surface area contributed by atoms with Gasteiger partial charge in [0.1, 0.15) is 11.6 Å². The summed E-state index contributed by atoms with van der Waals surface area (Å²) in [5.41, 5.74) is 4.11. The lowest BCUT2D eigenvalue weighted by molar-refractivity contribution is 0.0949. The summed E-state index contributed by atoms with van der Waals surface area (Å²) in [4.78, 5) is 26.7. The Morgan fingerprint density at radius 2 is 1.68 bits per heavy atom. The summed E-state index contributed by atoms with van der Waals surface area (Å²) in [7, 11) is 1.69. The molecule has 7 nitrogen and oxygen atoms in total. The van der Waals surface area contributed by atoms with Crippen molar-refractivity contribution in [1.82, 2.24) is 15.3 Å². The second-order valence-corrected chi connectivity index (χ2v) is 10.6. The molecule has 0 bridgehead atoms. The maximum atomic E-state index is 12.3. The fourth-order valence-electron chi connectivity index (χ4n) is 4.15. The molecule has 1 fully saturated rings. The van der Waals surface area contributed by atoms with Gasteiger partial charge in [-0.05, 0) is 54.3 Å². The van der Waals surface area contributed by atoms with Gasteiger partial charge < -0.3 is 19.9 Å². The number of aryl methyl sites for hydroxylation is 1. The minimum Gasteiger partial charge on any atom is -0.497 e. The van der Waals surface area contributed by atoms with Gasteiger partial charge in [-0.1, -0.05) is 44.7 Å². The molecule has 0 spiro atoms. The lowest BCUT2D eigenvalue weighted by atomic mass is 10.1. The Labute approximate surface area is 224 Å². The number of amides is 1. The van der Waals surface area contributed by atoms with Crippen molar-refractivity contribution in [3.05, 3.63) is 71.4 Å². The normalized spacial score (nSPS) is 13.6. The monoisotopic (exact) mass is 519 g/mol. The molecule has 1 amide bonds. The van der Waals surface area contributed by atoms with Crippen molar-refractivity contribution in [1.29, 1.82) is 0 Å². The molecule has 1 saturated heterocycles. The molecule has 2 heterocycles. The molecule has 196 valence electrons. The number of hydrogen-bond acceptors (Lipinski definition) is 7. The van der Waals surface area contributed by atoms with Crippen LogP contribution in [0.2, 0.25) is 0 Å². The van der Waals surface area contributed by atoms with E-state index >= 15 is 0 Å². The molecule has 0 saturated carbocycles. The molecule has 37 heavy (non-hydrogen) atoms. The predicted molar refractivity (Wildman–Crippen MR) is 152 cm³/mol. The van der Waals surface area contributed by atoms with Gasteiger partial charge >= 0.3 is 0 Å². The number of hydrogen-bond donors (Lipinski definition) is 1. The lowest BCUT2D eigenvalue weighted by Crippen LogP contribution is -2.46. The number of benzene rings is 2. The summed E-state index contributed by atoms with van der Waals surface area (Å²) in [5, 5.41) is 3.76. The van der Waals surface area contributed by atoms with Crippen LogP contribution < -0.4 is 19.9 Å². The molecule has 1 aromatic heterocycles. The van der Waals surface area contributed by atoms with Crippen molar-refractivity contribution >= 4 is 29.2 Å². The summed E-state index contributed by atoms with van der Waals surface area (Å²) in [6.07, 6.45) is 0.870. The highest BCUT2D eigenvalue weighted by Gasteiger charge is 2.20. The average Bonchev–Trinajstić information content (AvgIpc) is 2.95. The zero-order chi connectivity index (χ0) is 26.2. The number of rotatable bonds is 10. The van der Waals surface area contributed by atoms with Crippen LogP contribution in [0.3, 0.4) is 0 Å². The number of carbonyl (C=O) groups excluding carboxylic acids is 1. The van der Waals surface area contributed by atoms with Crippen molar-refractivity contribution in [3.8, 4) is 5.75 Å². The molecular weight excluding hydrogens is 482 g/mol. The van der Waals surface area contributed by atoms with Gasteiger partial charge in [0, 0.05) is 61.5 Å². The van der Waals surface area contributed by atoms with Crippen molar-refractivity contribution in [2.45, 2.75) is 38.1 Å². The molecule has 0 unspecified atom stereocenters. The fourth-order valence-corrected chi connectivity index (χ4v) is 4.98. The van der Waals surface area contributed by atoms with Crippen LogP contribution in [0.1, 0.15) is 42.4 Å². The molecule has 2 aromatic carbocycles. The number of ether oxygens (including phenoxy) is 1. The summed E-state index contributed by atoms with van der Waals surface area (Å²) in [6, 6.07) is 18.2. The smallest absolute Gasteiger partial charge is 0.251 e. The fraction of sp³-hybridized carbons (Fsp3) is 0.414. The van der Waals surface area contributed by atoms with E-state index in [1.165, 1.54) is 5.69 Å². The Morgan fingerprint density at radius 1 is 1.00 bits per heavy atom. The molecule has 0 atom stereocenters. The lowest BCUT2D eigenvalue weighted by Gasteiger charge is -2.37. The van der Waals surface area contributed by atoms with Gasteiger partial charge in [0.05, 0.1) is 7.11 Å². The topological polar surface area (TPSA) is 70.6 Å². The number of aromatic nitrogens is 2. The van der Waals surface area contributed by atoms with Gasteiger partial charge in [0.15, 0.2) is 5.16 Å². The van der Waals surface area contributed by atoms with E-state index in [1.807, 2.05) is 36.4 Å². The van der Waals surface area contributed by atoms with Crippen molar-refractivity contribution in [2.75, 3.05) is 49.6 Å². The van der Waals surface area contributed by atoms with Crippen LogP contribution >= 0.6 is 11.8 Å². The summed E-state index contributed by atoms with van der Waals surface area (Å²) in [5.74, 6) is 3.04. The van der Waals surface area contributed by atoms with E-state index in [-0.39, 0.29) is 5.91 Å². The zero-order valence-electron chi connectivity index (χ0n) is 22.2. The van der Waals surface area contributed by atoms with Gasteiger partial charge in [-0.3, -0.25) is 4.79 Å². The Kier molecular flexibility index (Phi) is 9.28. The number of piperazine rings is 1. The van der Waals surface area contributed by atoms with E-state index in [4.69, 9.17) is 14.7 Å². The van der Waals surface area contributed by atoms with E-state index in [1.54, 1.807) is 18.9 Å². The SMILES string of the molecule is CCc1cc(N2CCN(c3ccc(OC)cc3)CC2)nc(SCc2ccc(C(=O)NCC(C)C)cc2)n1. The molecule has 1 aliphatic rings. The van der Waals surface area contributed by atoms with Crippen LogP contribution in [0.5, 0.6) is 5.75 Å². The number of nitrogens with zero attached hydrogens (tertiary/aromatic N) is 4. The van der Waals surface area contributed by atoms with Crippen molar-refractivity contribution in [2.24, 2.45) is 5.92 Å². The maximum absolute atomic E-state index is 12.3. The number of thioether (sulfide) groups is 1. The second-order valence-electron chi connectivity index (χ2n) is 9.62. The van der Waals surface area contributed by atoms with Crippen LogP contribution in [0.4, 0.5) is 11.5 Å². The first-order valence-electron chi connectivity index (χ1n) is 13.0. The van der Waals surface area contributed by atoms with E-state index < -0.39 is 0 Å². The van der Waals surface area contributed by atoms with E-state index in [0.717, 1.165) is 66.3 Å². The second kappa shape index (κ2) is 12.8. The Bertz CT molecular complexity index is 1160. The Balaban J connectivity index is 1.35. The molecule has 8 heteroatoms. The highest BCUT2D eigenvalue weighted by atomic mass is 32.2. The first kappa shape index (κ1) is 26.8. The van der Waals surface area contributed by atoms with Crippen molar-refractivity contribution < 1.29 is 9.53 Å². The van der Waals surface area contributed by atoms with Crippen LogP contribution in [0, 0.1) is 5.92 Å². The molecule has 1 N–H and O–H groups in total. The van der Waals surface area contributed by atoms with Gasteiger partial charge in [-0.25, -0.2) is 9.97 Å². The first-order valence-corrected chi connectivity index (χ1v) is 14.0. The third kappa shape index (κ3) is 7.38. The Hall–Kier alpha value is -3.26. The van der Waals surface area contributed by atoms with Crippen LogP contribution in [-0.2, 0) is 12.2 Å². The zero-order valence-corrected chi connectivity index (χ0v) is 23.1. The minimum absolute atomic E-state index is 0.0244. The number of carbonyl (C=O) groups is 1. The summed E-state index contributed by atoms with van der Waals surface area (Å²) >= 11 is 1.64. The third-order valence-corrected chi connectivity index (χ3v) is 7.32. The standard InChI is InChI=1S/C29H37N5O2S/c1-5-24-18-27(34-16-14-33(15-17-34)25-10-12-26(36-4)13-11-25)32-29(31-24)37-20-22-6-8-23(9-7-22)28(35)30-19-21(2)3/h6-13,18,21H,5,14-17,19-20H2,1-4H3,(H,30,35). The highest BCUT2D eigenvalue weighted by Crippen LogP contribution is 2.26. The van der Waals surface area contributed by atoms with Gasteiger partial charge in [0.2, 0.25) is 0 Å². The van der Waals surface area contributed by atoms with Crippen molar-refractivity contribution in [3.63, 3.8) is 0 Å². The van der Waals surface area contributed by atoms with E-state index in [9.17, 15) is 4.79 Å². The molecule has 4 rings (SSSR count). The Morgan fingerprint density at radius 3 is 2.30 bits per heavy atom. The van der Waals surface area contributed by atoms with Gasteiger partial charge in [0.25, 0.3) is 5.91 Å². The van der Waals surface area contributed by atoms with E-state index in [0.29, 0.717) is 18.0 Å². The van der Waals surface area contributed by atoms with Crippen LogP contribution in [-0.4, -0.2) is 55.7 Å². The van der Waals surface area contributed by atoms with Crippen LogP contribution in [0.15, 0.2) is 59.8 Å². The molecule has 0 radical (unpaired) electrons. The maximum Gasteiger partial charge on any atom is 0.251 e. The summed E-state index contributed by atoms with van der Waals surface area (Å²) in [6.45, 7) is 10.7. The summed E-state index contributed by atoms with van der Waals surface area (Å²) < 4.78 is 5.28. The molecule has 1 aliphatic heterocycles. The predicted octanol–water partition coefficient (Wildman–Crippen LogP) is 5.05. The first-order chi connectivity index (χ1) is 17.9. The third-order valence-electron chi connectivity index (χ3n) is 6.40. The quantitative estimate of drug-likeness (QED) is 0.297. The molecule has 3 aromatic rings.